The summed E-state index contributed by atoms with van der Waals surface area (Å²) in [4.78, 5) is 14.2. The van der Waals surface area contributed by atoms with Crippen molar-refractivity contribution < 1.29 is 9.53 Å². The maximum Gasteiger partial charge on any atom is 0.414 e. The minimum atomic E-state index is -0.434. The van der Waals surface area contributed by atoms with Crippen molar-refractivity contribution in [3.05, 3.63) is 35.6 Å². The zero-order valence-electron chi connectivity index (χ0n) is 12.6. The molecule has 2 unspecified atom stereocenters. The molecule has 0 aromatic heterocycles. The molecule has 3 aliphatic rings. The van der Waals surface area contributed by atoms with Crippen molar-refractivity contribution in [1.82, 2.24) is 4.90 Å². The molecule has 0 radical (unpaired) electrons. The van der Waals surface area contributed by atoms with E-state index in [1.165, 1.54) is 17.7 Å². The molecule has 0 aromatic rings. The molecular formula is C17H23NO2. The minimum Gasteiger partial charge on any atom is -0.443 e. The van der Waals surface area contributed by atoms with E-state index in [-0.39, 0.29) is 6.09 Å². The molecule has 20 heavy (non-hydrogen) atoms. The quantitative estimate of drug-likeness (QED) is 0.667. The second kappa shape index (κ2) is 4.80. The van der Waals surface area contributed by atoms with Crippen LogP contribution in [0.5, 0.6) is 0 Å². The Hall–Kier alpha value is -1.51. The smallest absolute Gasteiger partial charge is 0.414 e. The Labute approximate surface area is 121 Å². The Morgan fingerprint density at radius 1 is 1.35 bits per heavy atom. The Bertz CT molecular complexity index is 508. The average Bonchev–Trinajstić information content (AvgIpc) is 2.75. The number of rotatable bonds is 0. The van der Waals surface area contributed by atoms with E-state index in [4.69, 9.17) is 4.74 Å². The van der Waals surface area contributed by atoms with E-state index in [1.54, 1.807) is 0 Å². The van der Waals surface area contributed by atoms with Crippen LogP contribution in [0.2, 0.25) is 0 Å². The molecule has 0 spiro atoms. The minimum absolute atomic E-state index is 0.194. The van der Waals surface area contributed by atoms with Gasteiger partial charge in [0.25, 0.3) is 0 Å². The number of ether oxygens (including phenoxy) is 1. The summed E-state index contributed by atoms with van der Waals surface area (Å²) in [5.41, 5.74) is 2.12. The van der Waals surface area contributed by atoms with Crippen LogP contribution in [0.15, 0.2) is 35.6 Å². The number of carbonyl (C=O) groups is 1. The molecule has 1 aliphatic heterocycles. The van der Waals surface area contributed by atoms with Gasteiger partial charge in [-0.25, -0.2) is 4.79 Å². The van der Waals surface area contributed by atoms with Crippen LogP contribution in [0.1, 0.15) is 40.0 Å². The van der Waals surface area contributed by atoms with Gasteiger partial charge in [0.1, 0.15) is 5.60 Å². The van der Waals surface area contributed by atoms with E-state index < -0.39 is 5.60 Å². The van der Waals surface area contributed by atoms with E-state index in [0.29, 0.717) is 11.8 Å². The van der Waals surface area contributed by atoms with Gasteiger partial charge in [-0.2, -0.15) is 0 Å². The van der Waals surface area contributed by atoms with E-state index in [0.717, 1.165) is 19.4 Å². The molecule has 1 saturated heterocycles. The molecule has 1 fully saturated rings. The summed E-state index contributed by atoms with van der Waals surface area (Å²) in [6.07, 6.45) is 11.9. The number of amides is 1. The molecule has 1 amide bonds. The first-order valence-corrected chi connectivity index (χ1v) is 7.54. The van der Waals surface area contributed by atoms with Crippen LogP contribution in [0, 0.1) is 11.8 Å². The lowest BCUT2D eigenvalue weighted by molar-refractivity contribution is 0.0255. The second-order valence-electron chi connectivity index (χ2n) is 6.89. The van der Waals surface area contributed by atoms with Crippen molar-refractivity contribution in [3.8, 4) is 0 Å². The van der Waals surface area contributed by atoms with Crippen molar-refractivity contribution >= 4 is 6.09 Å². The summed E-state index contributed by atoms with van der Waals surface area (Å²) in [7, 11) is 0. The number of carbonyl (C=O) groups excluding carboxylic acids is 1. The summed E-state index contributed by atoms with van der Waals surface area (Å²) >= 11 is 0. The summed E-state index contributed by atoms with van der Waals surface area (Å²) in [5.74, 6) is 1.06. The maximum absolute atomic E-state index is 12.4. The predicted molar refractivity (Wildman–Crippen MR) is 79.1 cm³/mol. The highest BCUT2D eigenvalue weighted by molar-refractivity contribution is 5.71. The standard InChI is InChI=1S/C17H23NO2/c1-17(2,3)20-16(19)18-10-6-9-14-13-8-5-4-7-12(13)11-15(14)18/h4-5,7,11,13-14H,6,8-10H2,1-3H3. The monoisotopic (exact) mass is 273 g/mol. The van der Waals surface area contributed by atoms with Crippen molar-refractivity contribution in [2.24, 2.45) is 11.8 Å². The first-order valence-electron chi connectivity index (χ1n) is 7.54. The summed E-state index contributed by atoms with van der Waals surface area (Å²) in [5, 5.41) is 0. The van der Waals surface area contributed by atoms with Gasteiger partial charge in [-0.1, -0.05) is 18.2 Å². The van der Waals surface area contributed by atoms with Gasteiger partial charge in [-0.15, -0.1) is 0 Å². The molecule has 0 N–H and O–H groups in total. The molecular weight excluding hydrogens is 250 g/mol. The first kappa shape index (κ1) is 13.5. The molecule has 2 aliphatic carbocycles. The van der Waals surface area contributed by atoms with Crippen LogP contribution in [-0.4, -0.2) is 23.1 Å². The molecule has 3 heteroatoms. The number of allylic oxidation sites excluding steroid dienone is 6. The van der Waals surface area contributed by atoms with Crippen LogP contribution in [-0.2, 0) is 4.74 Å². The van der Waals surface area contributed by atoms with Gasteiger partial charge in [0, 0.05) is 18.2 Å². The van der Waals surface area contributed by atoms with Gasteiger partial charge in [0.15, 0.2) is 0 Å². The number of likely N-dealkylation sites (tertiary alicyclic amines) is 1. The van der Waals surface area contributed by atoms with E-state index in [2.05, 4.69) is 24.3 Å². The van der Waals surface area contributed by atoms with E-state index in [9.17, 15) is 4.79 Å². The Balaban J connectivity index is 1.83. The van der Waals surface area contributed by atoms with Gasteiger partial charge < -0.3 is 4.74 Å². The van der Waals surface area contributed by atoms with Crippen LogP contribution in [0.25, 0.3) is 0 Å². The van der Waals surface area contributed by atoms with Crippen LogP contribution < -0.4 is 0 Å². The number of hydrogen-bond acceptors (Lipinski definition) is 2. The highest BCUT2D eigenvalue weighted by Crippen LogP contribution is 2.46. The normalized spacial score (nSPS) is 28.4. The number of piperidine rings is 1. The Morgan fingerprint density at radius 2 is 2.15 bits per heavy atom. The lowest BCUT2D eigenvalue weighted by atomic mass is 9.81. The van der Waals surface area contributed by atoms with Crippen molar-refractivity contribution in [1.29, 1.82) is 0 Å². The fourth-order valence-electron chi connectivity index (χ4n) is 3.44. The SMILES string of the molecule is CC(C)(C)OC(=O)N1CCCC2C1=CC1=CC=CCC12. The van der Waals surface area contributed by atoms with E-state index >= 15 is 0 Å². The van der Waals surface area contributed by atoms with Crippen molar-refractivity contribution in [2.75, 3.05) is 6.54 Å². The third kappa shape index (κ3) is 2.41. The first-order chi connectivity index (χ1) is 9.46. The van der Waals surface area contributed by atoms with Crippen LogP contribution in [0.3, 0.4) is 0 Å². The number of hydrogen-bond donors (Lipinski definition) is 0. The average molecular weight is 273 g/mol. The highest BCUT2D eigenvalue weighted by atomic mass is 16.6. The third-order valence-electron chi connectivity index (χ3n) is 4.25. The molecule has 3 nitrogen and oxygen atoms in total. The zero-order chi connectivity index (χ0) is 14.3. The third-order valence-corrected chi connectivity index (χ3v) is 4.25. The molecule has 0 bridgehead atoms. The van der Waals surface area contributed by atoms with Gasteiger partial charge in [0.05, 0.1) is 0 Å². The topological polar surface area (TPSA) is 29.5 Å². The van der Waals surface area contributed by atoms with Gasteiger partial charge >= 0.3 is 6.09 Å². The van der Waals surface area contributed by atoms with Gasteiger partial charge in [-0.3, -0.25) is 4.90 Å². The zero-order valence-corrected chi connectivity index (χ0v) is 12.6. The molecule has 3 rings (SSSR count). The summed E-state index contributed by atoms with van der Waals surface area (Å²) < 4.78 is 5.55. The highest BCUT2D eigenvalue weighted by Gasteiger charge is 2.40. The Kier molecular flexibility index (Phi) is 3.23. The number of nitrogens with zero attached hydrogens (tertiary/aromatic N) is 1. The summed E-state index contributed by atoms with van der Waals surface area (Å²) in [6.45, 7) is 6.54. The molecule has 108 valence electrons. The molecule has 1 heterocycles. The number of fused-ring (bicyclic) bond motifs is 3. The fourth-order valence-corrected chi connectivity index (χ4v) is 3.44. The van der Waals surface area contributed by atoms with Crippen LogP contribution >= 0.6 is 0 Å². The Morgan fingerprint density at radius 3 is 2.90 bits per heavy atom. The summed E-state index contributed by atoms with van der Waals surface area (Å²) in [6, 6.07) is 0. The van der Waals surface area contributed by atoms with Crippen LogP contribution in [0.4, 0.5) is 4.79 Å². The molecule has 0 aromatic carbocycles. The van der Waals surface area contributed by atoms with Crippen molar-refractivity contribution in [3.63, 3.8) is 0 Å². The van der Waals surface area contributed by atoms with Gasteiger partial charge in [-0.05, 0) is 57.6 Å². The fraction of sp³-hybridized carbons (Fsp3) is 0.588. The van der Waals surface area contributed by atoms with E-state index in [1.807, 2.05) is 25.7 Å². The lowest BCUT2D eigenvalue weighted by Crippen LogP contribution is -2.41. The molecule has 2 atom stereocenters. The second-order valence-corrected chi connectivity index (χ2v) is 6.89. The van der Waals surface area contributed by atoms with Gasteiger partial charge in [0.2, 0.25) is 0 Å². The van der Waals surface area contributed by atoms with Crippen molar-refractivity contribution in [2.45, 2.75) is 45.6 Å². The largest absolute Gasteiger partial charge is 0.443 e. The maximum atomic E-state index is 12.4. The molecule has 0 saturated carbocycles. The predicted octanol–water partition coefficient (Wildman–Crippen LogP) is 4.03. The lowest BCUT2D eigenvalue weighted by Gasteiger charge is -2.36.